The van der Waals surface area contributed by atoms with Gasteiger partial charge in [0.15, 0.2) is 0 Å². The van der Waals surface area contributed by atoms with Crippen LogP contribution in [-0.4, -0.2) is 9.52 Å². The van der Waals surface area contributed by atoms with Gasteiger partial charge < -0.3 is 0 Å². The molecular formula is C17H16Si. The Morgan fingerprint density at radius 2 is 1.44 bits per heavy atom. The molecule has 0 amide bonds. The van der Waals surface area contributed by atoms with Crippen LogP contribution in [0.2, 0.25) is 5.54 Å². The number of hydrogen-bond donors (Lipinski definition) is 0. The van der Waals surface area contributed by atoms with Crippen molar-refractivity contribution in [2.45, 2.75) is 18.4 Å². The zero-order valence-corrected chi connectivity index (χ0v) is 11.3. The van der Waals surface area contributed by atoms with Gasteiger partial charge in [-0.25, -0.2) is 0 Å². The van der Waals surface area contributed by atoms with E-state index in [9.17, 15) is 0 Å². The first-order chi connectivity index (χ1) is 8.93. The maximum atomic E-state index is 2.31. The Balaban J connectivity index is 1.82. The van der Waals surface area contributed by atoms with Gasteiger partial charge in [0, 0.05) is 0 Å². The van der Waals surface area contributed by atoms with Crippen molar-refractivity contribution in [3.8, 4) is 0 Å². The molecule has 0 aliphatic heterocycles. The van der Waals surface area contributed by atoms with E-state index in [1.54, 1.807) is 11.1 Å². The summed E-state index contributed by atoms with van der Waals surface area (Å²) in [6.45, 7) is 0. The average Bonchev–Trinajstić information content (AvgIpc) is 3.11. The van der Waals surface area contributed by atoms with Gasteiger partial charge in [-0.1, -0.05) is 83.1 Å². The first kappa shape index (κ1) is 11.5. The maximum Gasteiger partial charge on any atom is 0.0940 e. The normalized spacial score (nSPS) is 17.4. The molecule has 0 heterocycles. The lowest BCUT2D eigenvalue weighted by Crippen LogP contribution is -2.21. The highest BCUT2D eigenvalue weighted by Gasteiger charge is 2.21. The van der Waals surface area contributed by atoms with E-state index in [1.165, 1.54) is 5.19 Å². The molecular weight excluding hydrogens is 232 g/mol. The second-order valence-electron chi connectivity index (χ2n) is 4.69. The fraction of sp³-hybridized carbons (Fsp3) is 0.176. The number of hydrogen-bond acceptors (Lipinski definition) is 0. The number of allylic oxidation sites excluding steroid dienone is 8. The van der Waals surface area contributed by atoms with E-state index < -0.39 is 0 Å². The van der Waals surface area contributed by atoms with Crippen molar-refractivity contribution in [3.05, 3.63) is 77.9 Å². The molecule has 0 atom stereocenters. The van der Waals surface area contributed by atoms with E-state index in [4.69, 9.17) is 0 Å². The predicted octanol–water partition coefficient (Wildman–Crippen LogP) is 3.58. The van der Waals surface area contributed by atoms with Crippen LogP contribution in [0.25, 0.3) is 0 Å². The molecule has 0 bridgehead atoms. The molecule has 3 rings (SSSR count). The third-order valence-corrected chi connectivity index (χ3v) is 5.12. The van der Waals surface area contributed by atoms with E-state index >= 15 is 0 Å². The quantitative estimate of drug-likeness (QED) is 0.715. The molecule has 0 aromatic heterocycles. The summed E-state index contributed by atoms with van der Waals surface area (Å²) in [7, 11) is 0.847. The lowest BCUT2D eigenvalue weighted by molar-refractivity contribution is 1.01. The third kappa shape index (κ3) is 2.46. The van der Waals surface area contributed by atoms with Crippen LogP contribution >= 0.6 is 0 Å². The molecule has 0 unspecified atom stereocenters. The molecule has 88 valence electrons. The van der Waals surface area contributed by atoms with Crippen molar-refractivity contribution >= 4 is 14.7 Å². The summed E-state index contributed by atoms with van der Waals surface area (Å²) >= 11 is 0. The first-order valence-electron chi connectivity index (χ1n) is 6.46. The van der Waals surface area contributed by atoms with E-state index in [-0.39, 0.29) is 0 Å². The Morgan fingerprint density at radius 1 is 0.833 bits per heavy atom. The summed E-state index contributed by atoms with van der Waals surface area (Å²) < 4.78 is 0. The summed E-state index contributed by atoms with van der Waals surface area (Å²) in [6.07, 6.45) is 15.8. The van der Waals surface area contributed by atoms with Crippen LogP contribution in [0.3, 0.4) is 0 Å². The average molecular weight is 248 g/mol. The van der Waals surface area contributed by atoms with Crippen LogP contribution in [0, 0.1) is 0 Å². The molecule has 18 heavy (non-hydrogen) atoms. The summed E-state index contributed by atoms with van der Waals surface area (Å²) in [5.74, 6) is 0. The standard InChI is InChI=1S/C17H16Si/c1-2-12-16(13-3-1)18-17(14-8-4-5-9-14)15-10-6-7-11-15/h1-8,10,12-13,17H,9,11H2. The Hall–Kier alpha value is -1.60. The highest BCUT2D eigenvalue weighted by molar-refractivity contribution is 6.56. The van der Waals surface area contributed by atoms with Crippen molar-refractivity contribution in [3.63, 3.8) is 0 Å². The second kappa shape index (κ2) is 5.36. The Kier molecular flexibility index (Phi) is 3.42. The van der Waals surface area contributed by atoms with Gasteiger partial charge >= 0.3 is 0 Å². The maximum absolute atomic E-state index is 2.31. The van der Waals surface area contributed by atoms with Gasteiger partial charge in [0.05, 0.1) is 9.52 Å². The van der Waals surface area contributed by atoms with E-state index in [2.05, 4.69) is 66.8 Å². The molecule has 0 saturated carbocycles. The number of rotatable bonds is 4. The van der Waals surface area contributed by atoms with E-state index in [0.29, 0.717) is 5.54 Å². The minimum Gasteiger partial charge on any atom is -0.0805 e. The van der Waals surface area contributed by atoms with Gasteiger partial charge in [-0.3, -0.25) is 0 Å². The van der Waals surface area contributed by atoms with Gasteiger partial charge in [0.1, 0.15) is 0 Å². The third-order valence-electron chi connectivity index (χ3n) is 3.43. The molecule has 2 aliphatic carbocycles. The van der Waals surface area contributed by atoms with Gasteiger partial charge in [-0.2, -0.15) is 0 Å². The lowest BCUT2D eigenvalue weighted by atomic mass is 10.0. The fourth-order valence-corrected chi connectivity index (χ4v) is 4.00. The molecule has 0 nitrogen and oxygen atoms in total. The topological polar surface area (TPSA) is 0 Å². The highest BCUT2D eigenvalue weighted by atomic mass is 28.2. The summed E-state index contributed by atoms with van der Waals surface area (Å²) in [4.78, 5) is 0. The Bertz CT molecular complexity index is 502. The molecule has 2 aliphatic rings. The number of benzene rings is 1. The second-order valence-corrected chi connectivity index (χ2v) is 6.13. The summed E-state index contributed by atoms with van der Waals surface area (Å²) in [5, 5.41) is 1.46. The molecule has 2 radical (unpaired) electrons. The van der Waals surface area contributed by atoms with Crippen molar-refractivity contribution in [1.82, 2.24) is 0 Å². The minimum absolute atomic E-state index is 0.609. The predicted molar refractivity (Wildman–Crippen MR) is 79.3 cm³/mol. The van der Waals surface area contributed by atoms with Crippen LogP contribution in [0.1, 0.15) is 12.8 Å². The molecule has 1 aromatic carbocycles. The highest BCUT2D eigenvalue weighted by Crippen LogP contribution is 2.34. The van der Waals surface area contributed by atoms with Gasteiger partial charge in [0.25, 0.3) is 0 Å². The SMILES string of the molecule is C1=CCC(C([Si]c2ccccc2)C2=CC=CC2)=C1. The zero-order valence-electron chi connectivity index (χ0n) is 10.3. The van der Waals surface area contributed by atoms with E-state index in [0.717, 1.165) is 22.4 Å². The smallest absolute Gasteiger partial charge is 0.0805 e. The summed E-state index contributed by atoms with van der Waals surface area (Å²) in [6, 6.07) is 10.9. The molecule has 1 heteroatoms. The minimum atomic E-state index is 0.609. The molecule has 0 spiro atoms. The van der Waals surface area contributed by atoms with E-state index in [1.807, 2.05) is 0 Å². The van der Waals surface area contributed by atoms with Crippen molar-refractivity contribution in [2.24, 2.45) is 0 Å². The van der Waals surface area contributed by atoms with Crippen LogP contribution in [-0.2, 0) is 0 Å². The molecule has 0 fully saturated rings. The molecule has 0 saturated heterocycles. The summed E-state index contributed by atoms with van der Waals surface area (Å²) in [5.41, 5.74) is 3.76. The lowest BCUT2D eigenvalue weighted by Gasteiger charge is -2.19. The van der Waals surface area contributed by atoms with Crippen LogP contribution in [0.5, 0.6) is 0 Å². The van der Waals surface area contributed by atoms with Crippen molar-refractivity contribution in [2.75, 3.05) is 0 Å². The first-order valence-corrected chi connectivity index (χ1v) is 7.54. The van der Waals surface area contributed by atoms with Crippen molar-refractivity contribution < 1.29 is 0 Å². The van der Waals surface area contributed by atoms with Gasteiger partial charge in [0.2, 0.25) is 0 Å². The Morgan fingerprint density at radius 3 is 1.94 bits per heavy atom. The van der Waals surface area contributed by atoms with Crippen molar-refractivity contribution in [1.29, 1.82) is 0 Å². The fourth-order valence-electron chi connectivity index (χ4n) is 2.48. The monoisotopic (exact) mass is 248 g/mol. The molecule has 1 aromatic rings. The largest absolute Gasteiger partial charge is 0.0940 e. The zero-order chi connectivity index (χ0) is 12.2. The Labute approximate surface area is 111 Å². The van der Waals surface area contributed by atoms with Crippen LogP contribution < -0.4 is 5.19 Å². The molecule has 0 N–H and O–H groups in total. The van der Waals surface area contributed by atoms with Crippen LogP contribution in [0.4, 0.5) is 0 Å². The van der Waals surface area contributed by atoms with Gasteiger partial charge in [-0.15, -0.1) is 0 Å². The van der Waals surface area contributed by atoms with Crippen LogP contribution in [0.15, 0.2) is 77.9 Å². The van der Waals surface area contributed by atoms with Gasteiger partial charge in [-0.05, 0) is 18.4 Å².